The maximum atomic E-state index is 12.4. The zero-order valence-corrected chi connectivity index (χ0v) is 14.2. The molecule has 1 saturated heterocycles. The second-order valence-corrected chi connectivity index (χ2v) is 6.05. The third kappa shape index (κ3) is 5.87. The fourth-order valence-corrected chi connectivity index (χ4v) is 2.99. The Morgan fingerprint density at radius 2 is 2.08 bits per heavy atom. The molecule has 0 radical (unpaired) electrons. The molecule has 1 aromatic rings. The second kappa shape index (κ2) is 8.58. The van der Waals surface area contributed by atoms with Crippen LogP contribution in [0.3, 0.4) is 0 Å². The molecular formula is C17H25F3N2O2. The van der Waals surface area contributed by atoms with Crippen molar-refractivity contribution in [3.05, 3.63) is 23.8 Å². The molecule has 1 aliphatic rings. The average Bonchev–Trinajstić information content (AvgIpc) is 2.94. The van der Waals surface area contributed by atoms with E-state index in [1.54, 1.807) is 7.11 Å². The fraction of sp³-hybridized carbons (Fsp3) is 0.647. The fourth-order valence-electron chi connectivity index (χ4n) is 2.99. The summed E-state index contributed by atoms with van der Waals surface area (Å²) in [5.41, 5.74) is 1.06. The summed E-state index contributed by atoms with van der Waals surface area (Å²) >= 11 is 0. The molecule has 0 unspecified atom stereocenters. The number of ether oxygens (including phenoxy) is 2. The zero-order valence-electron chi connectivity index (χ0n) is 14.2. The molecule has 0 saturated carbocycles. The smallest absolute Gasteiger partial charge is 0.401 e. The van der Waals surface area contributed by atoms with E-state index >= 15 is 0 Å². The summed E-state index contributed by atoms with van der Waals surface area (Å²) < 4.78 is 48.0. The van der Waals surface area contributed by atoms with Crippen molar-refractivity contribution in [1.29, 1.82) is 0 Å². The summed E-state index contributed by atoms with van der Waals surface area (Å²) in [6.07, 6.45) is -3.31. The van der Waals surface area contributed by atoms with Crippen LogP contribution in [0.4, 0.5) is 13.2 Å². The highest BCUT2D eigenvalue weighted by Gasteiger charge is 2.34. The molecule has 1 aliphatic heterocycles. The van der Waals surface area contributed by atoms with Gasteiger partial charge in [0.1, 0.15) is 0 Å². The van der Waals surface area contributed by atoms with Gasteiger partial charge in [-0.05, 0) is 50.0 Å². The highest BCUT2D eigenvalue weighted by atomic mass is 19.4. The van der Waals surface area contributed by atoms with Crippen LogP contribution in [0.15, 0.2) is 18.2 Å². The van der Waals surface area contributed by atoms with Crippen molar-refractivity contribution in [2.24, 2.45) is 5.92 Å². The first-order chi connectivity index (χ1) is 11.4. The van der Waals surface area contributed by atoms with Crippen molar-refractivity contribution in [3.63, 3.8) is 0 Å². The molecule has 0 bridgehead atoms. The van der Waals surface area contributed by atoms with Gasteiger partial charge in [0.05, 0.1) is 20.3 Å². The number of benzene rings is 1. The summed E-state index contributed by atoms with van der Waals surface area (Å²) in [5, 5.41) is 3.33. The van der Waals surface area contributed by atoms with Crippen LogP contribution in [0.5, 0.6) is 11.5 Å². The lowest BCUT2D eigenvalue weighted by Gasteiger charge is -2.18. The largest absolute Gasteiger partial charge is 0.493 e. The number of halogens is 3. The van der Waals surface area contributed by atoms with Crippen molar-refractivity contribution in [2.75, 3.05) is 39.9 Å². The summed E-state index contributed by atoms with van der Waals surface area (Å²) in [7, 11) is 1.60. The molecular weight excluding hydrogens is 321 g/mol. The van der Waals surface area contributed by atoms with Crippen LogP contribution in [0, 0.1) is 5.92 Å². The quantitative estimate of drug-likeness (QED) is 0.784. The molecule has 1 fully saturated rings. The maximum Gasteiger partial charge on any atom is 0.401 e. The van der Waals surface area contributed by atoms with Crippen LogP contribution in [-0.4, -0.2) is 51.0 Å². The highest BCUT2D eigenvalue weighted by molar-refractivity contribution is 5.42. The van der Waals surface area contributed by atoms with Crippen LogP contribution < -0.4 is 14.8 Å². The number of alkyl halides is 3. The Labute approximate surface area is 140 Å². The lowest BCUT2D eigenvalue weighted by molar-refractivity contribution is -0.143. The highest BCUT2D eigenvalue weighted by Crippen LogP contribution is 2.28. The van der Waals surface area contributed by atoms with Gasteiger partial charge in [-0.2, -0.15) is 13.2 Å². The summed E-state index contributed by atoms with van der Waals surface area (Å²) in [6.45, 7) is 4.06. The van der Waals surface area contributed by atoms with Gasteiger partial charge in [-0.15, -0.1) is 0 Å². The Hall–Kier alpha value is -1.47. The van der Waals surface area contributed by atoms with Crippen molar-refractivity contribution in [3.8, 4) is 11.5 Å². The van der Waals surface area contributed by atoms with Gasteiger partial charge in [-0.1, -0.05) is 6.07 Å². The van der Waals surface area contributed by atoms with E-state index in [2.05, 4.69) is 5.32 Å². The van der Waals surface area contributed by atoms with E-state index < -0.39 is 12.7 Å². The predicted octanol–water partition coefficient (Wildman–Crippen LogP) is 3.07. The summed E-state index contributed by atoms with van der Waals surface area (Å²) in [5.74, 6) is 1.66. The molecule has 0 spiro atoms. The van der Waals surface area contributed by atoms with E-state index in [9.17, 15) is 13.2 Å². The first-order valence-electron chi connectivity index (χ1n) is 8.20. The van der Waals surface area contributed by atoms with E-state index in [0.29, 0.717) is 44.3 Å². The first-order valence-corrected chi connectivity index (χ1v) is 8.20. The van der Waals surface area contributed by atoms with E-state index in [4.69, 9.17) is 9.47 Å². The second-order valence-electron chi connectivity index (χ2n) is 6.05. The molecule has 0 aromatic heterocycles. The topological polar surface area (TPSA) is 33.7 Å². The Morgan fingerprint density at radius 3 is 2.75 bits per heavy atom. The van der Waals surface area contributed by atoms with Crippen LogP contribution in [0.25, 0.3) is 0 Å². The van der Waals surface area contributed by atoms with Gasteiger partial charge >= 0.3 is 6.18 Å². The number of hydrogen-bond donors (Lipinski definition) is 1. The van der Waals surface area contributed by atoms with Crippen molar-refractivity contribution in [1.82, 2.24) is 10.2 Å². The Kier molecular flexibility index (Phi) is 6.74. The number of nitrogens with zero attached hydrogens (tertiary/aromatic N) is 1. The van der Waals surface area contributed by atoms with E-state index in [1.807, 2.05) is 25.1 Å². The number of likely N-dealkylation sites (tertiary alicyclic amines) is 1. The zero-order chi connectivity index (χ0) is 17.6. The summed E-state index contributed by atoms with van der Waals surface area (Å²) in [4.78, 5) is 1.48. The molecule has 136 valence electrons. The van der Waals surface area contributed by atoms with Crippen LogP contribution in [-0.2, 0) is 6.54 Å². The Morgan fingerprint density at radius 1 is 1.29 bits per heavy atom. The third-order valence-electron chi connectivity index (χ3n) is 4.06. The molecule has 1 atom stereocenters. The number of methoxy groups -OCH3 is 1. The van der Waals surface area contributed by atoms with E-state index in [1.165, 1.54) is 4.90 Å². The van der Waals surface area contributed by atoms with Crippen molar-refractivity contribution in [2.45, 2.75) is 26.1 Å². The minimum absolute atomic E-state index is 0.261. The molecule has 0 amide bonds. The minimum Gasteiger partial charge on any atom is -0.493 e. The number of nitrogens with one attached hydrogen (secondary N) is 1. The average molecular weight is 346 g/mol. The van der Waals surface area contributed by atoms with Crippen LogP contribution >= 0.6 is 0 Å². The number of hydrogen-bond acceptors (Lipinski definition) is 4. The van der Waals surface area contributed by atoms with E-state index in [0.717, 1.165) is 12.0 Å². The van der Waals surface area contributed by atoms with Gasteiger partial charge < -0.3 is 14.8 Å². The van der Waals surface area contributed by atoms with Gasteiger partial charge in [0.15, 0.2) is 11.5 Å². The maximum absolute atomic E-state index is 12.4. The third-order valence-corrected chi connectivity index (χ3v) is 4.06. The molecule has 0 aliphatic carbocycles. The normalized spacial score (nSPS) is 18.8. The lowest BCUT2D eigenvalue weighted by Crippen LogP contribution is -2.33. The monoisotopic (exact) mass is 346 g/mol. The van der Waals surface area contributed by atoms with Crippen molar-refractivity contribution < 1.29 is 22.6 Å². The standard InChI is InChI=1S/C17H25F3N2O2/c1-3-24-15-5-4-13(8-16(15)23-2)9-21-10-14-6-7-22(11-14)12-17(18,19)20/h4-5,8,14,21H,3,6-7,9-12H2,1-2H3/t14-/m0/s1. The molecule has 1 aromatic carbocycles. The lowest BCUT2D eigenvalue weighted by atomic mass is 10.1. The molecule has 4 nitrogen and oxygen atoms in total. The van der Waals surface area contributed by atoms with Gasteiger partial charge in [0.25, 0.3) is 0 Å². The molecule has 7 heteroatoms. The van der Waals surface area contributed by atoms with Gasteiger partial charge in [-0.3, -0.25) is 4.90 Å². The first kappa shape index (κ1) is 18.9. The summed E-state index contributed by atoms with van der Waals surface area (Å²) in [6, 6.07) is 5.76. The minimum atomic E-state index is -4.11. The van der Waals surface area contributed by atoms with E-state index in [-0.39, 0.29) is 5.92 Å². The predicted molar refractivity (Wildman–Crippen MR) is 86.5 cm³/mol. The van der Waals surface area contributed by atoms with Crippen LogP contribution in [0.1, 0.15) is 18.9 Å². The van der Waals surface area contributed by atoms with Gasteiger partial charge in [-0.25, -0.2) is 0 Å². The SMILES string of the molecule is CCOc1ccc(CNC[C@@H]2CCN(CC(F)(F)F)C2)cc1OC. The van der Waals surface area contributed by atoms with Crippen LogP contribution in [0.2, 0.25) is 0 Å². The Balaban J connectivity index is 1.76. The van der Waals surface area contributed by atoms with Crippen molar-refractivity contribution >= 4 is 0 Å². The molecule has 1 N–H and O–H groups in total. The van der Waals surface area contributed by atoms with Gasteiger partial charge in [0, 0.05) is 13.1 Å². The Bertz CT molecular complexity index is 523. The molecule has 24 heavy (non-hydrogen) atoms. The van der Waals surface area contributed by atoms with Gasteiger partial charge in [0.2, 0.25) is 0 Å². The molecule has 1 heterocycles. The number of rotatable bonds is 8. The molecule has 2 rings (SSSR count).